The van der Waals surface area contributed by atoms with E-state index < -0.39 is 0 Å². The summed E-state index contributed by atoms with van der Waals surface area (Å²) in [6.07, 6.45) is 1.27. The number of amides is 1. The van der Waals surface area contributed by atoms with E-state index in [1.165, 1.54) is 6.39 Å². The molecule has 0 radical (unpaired) electrons. The lowest BCUT2D eigenvalue weighted by molar-refractivity contribution is -0.118. The van der Waals surface area contributed by atoms with E-state index in [-0.39, 0.29) is 12.5 Å². The van der Waals surface area contributed by atoms with E-state index in [0.717, 1.165) is 11.1 Å². The van der Waals surface area contributed by atoms with Crippen LogP contribution in [0.1, 0.15) is 5.56 Å². The van der Waals surface area contributed by atoms with Crippen molar-refractivity contribution < 1.29 is 13.9 Å². The topological polar surface area (TPSA) is 77.2 Å². The predicted molar refractivity (Wildman–Crippen MR) is 90.0 cm³/mol. The van der Waals surface area contributed by atoms with Crippen molar-refractivity contribution >= 4 is 23.2 Å². The van der Waals surface area contributed by atoms with Crippen molar-refractivity contribution in [2.75, 3.05) is 11.9 Å². The highest BCUT2D eigenvalue weighted by molar-refractivity contribution is 6.31. The van der Waals surface area contributed by atoms with E-state index in [1.54, 1.807) is 36.4 Å². The fraction of sp³-hybridized carbons (Fsp3) is 0.118. The number of rotatable bonds is 5. The number of ether oxygens (including phenoxy) is 1. The van der Waals surface area contributed by atoms with Crippen molar-refractivity contribution in [3.05, 3.63) is 59.4 Å². The largest absolute Gasteiger partial charge is 0.484 e. The summed E-state index contributed by atoms with van der Waals surface area (Å²) in [4.78, 5) is 11.9. The van der Waals surface area contributed by atoms with E-state index >= 15 is 0 Å². The molecule has 0 unspecified atom stereocenters. The summed E-state index contributed by atoms with van der Waals surface area (Å²) in [5.41, 5.74) is 2.36. The first-order valence-corrected chi connectivity index (χ1v) is 7.55. The monoisotopic (exact) mass is 343 g/mol. The molecule has 0 aliphatic rings. The molecule has 24 heavy (non-hydrogen) atoms. The first-order chi connectivity index (χ1) is 11.6. The Morgan fingerprint density at radius 1 is 1.25 bits per heavy atom. The normalized spacial score (nSPS) is 10.4. The van der Waals surface area contributed by atoms with Crippen LogP contribution in [0.25, 0.3) is 11.5 Å². The minimum Gasteiger partial charge on any atom is -0.484 e. The smallest absolute Gasteiger partial charge is 0.262 e. The lowest BCUT2D eigenvalue weighted by atomic mass is 10.2. The highest BCUT2D eigenvalue weighted by atomic mass is 35.5. The fourth-order valence-corrected chi connectivity index (χ4v) is 2.19. The van der Waals surface area contributed by atoms with Crippen LogP contribution in [0.5, 0.6) is 5.75 Å². The number of aromatic nitrogens is 2. The molecule has 0 aliphatic heterocycles. The van der Waals surface area contributed by atoms with E-state index in [9.17, 15) is 4.79 Å². The molecule has 122 valence electrons. The van der Waals surface area contributed by atoms with Gasteiger partial charge >= 0.3 is 0 Å². The average Bonchev–Trinajstić information content (AvgIpc) is 3.11. The van der Waals surface area contributed by atoms with Crippen molar-refractivity contribution in [3.8, 4) is 17.2 Å². The maximum Gasteiger partial charge on any atom is 0.262 e. The third kappa shape index (κ3) is 3.91. The molecular formula is C17H14ClN3O3. The molecule has 2 aromatic carbocycles. The summed E-state index contributed by atoms with van der Waals surface area (Å²) in [7, 11) is 0. The van der Waals surface area contributed by atoms with E-state index in [4.69, 9.17) is 20.8 Å². The summed E-state index contributed by atoms with van der Waals surface area (Å²) in [6.45, 7) is 1.79. The maximum atomic E-state index is 11.9. The highest BCUT2D eigenvalue weighted by Gasteiger charge is 2.07. The average molecular weight is 344 g/mol. The maximum absolute atomic E-state index is 11.9. The number of anilines is 1. The number of benzene rings is 2. The third-order valence-electron chi connectivity index (χ3n) is 3.29. The molecule has 0 spiro atoms. The fourth-order valence-electron chi connectivity index (χ4n) is 2.01. The Balaban J connectivity index is 1.55. The van der Waals surface area contributed by atoms with Crippen LogP contribution in [0.2, 0.25) is 5.02 Å². The third-order valence-corrected chi connectivity index (χ3v) is 3.69. The predicted octanol–water partition coefficient (Wildman–Crippen LogP) is 3.72. The molecule has 1 N–H and O–H groups in total. The quantitative estimate of drug-likeness (QED) is 0.764. The Morgan fingerprint density at radius 2 is 2.04 bits per heavy atom. The number of carbonyl (C=O) groups excluding carboxylic acids is 1. The van der Waals surface area contributed by atoms with Crippen LogP contribution in [-0.4, -0.2) is 22.7 Å². The van der Waals surface area contributed by atoms with Crippen LogP contribution in [0.15, 0.2) is 53.3 Å². The zero-order valence-corrected chi connectivity index (χ0v) is 13.6. The van der Waals surface area contributed by atoms with Crippen molar-refractivity contribution in [2.45, 2.75) is 6.92 Å². The molecule has 0 bridgehead atoms. The number of halogens is 1. The first kappa shape index (κ1) is 16.0. The minimum absolute atomic E-state index is 0.106. The molecule has 6 nitrogen and oxygen atoms in total. The Morgan fingerprint density at radius 3 is 2.71 bits per heavy atom. The minimum atomic E-state index is -0.268. The second kappa shape index (κ2) is 7.14. The number of nitrogens with zero attached hydrogens (tertiary/aromatic N) is 2. The van der Waals surface area contributed by atoms with Crippen molar-refractivity contribution in [2.24, 2.45) is 0 Å². The SMILES string of the molecule is Cc1ccc(NC(=O)COc2ccc(-c3nnco3)cc2)cc1Cl. The van der Waals surface area contributed by atoms with Gasteiger partial charge in [0.1, 0.15) is 5.75 Å². The van der Waals surface area contributed by atoms with Crippen LogP contribution in [-0.2, 0) is 4.79 Å². The zero-order chi connectivity index (χ0) is 16.9. The molecule has 1 heterocycles. The second-order valence-electron chi connectivity index (χ2n) is 5.07. The van der Waals surface area contributed by atoms with Crippen LogP contribution in [0, 0.1) is 6.92 Å². The van der Waals surface area contributed by atoms with Gasteiger partial charge in [-0.25, -0.2) is 0 Å². The van der Waals surface area contributed by atoms with E-state index in [1.807, 2.05) is 13.0 Å². The van der Waals surface area contributed by atoms with Gasteiger partial charge in [-0.1, -0.05) is 17.7 Å². The van der Waals surface area contributed by atoms with Crippen LogP contribution >= 0.6 is 11.6 Å². The number of carbonyl (C=O) groups is 1. The summed E-state index contributed by atoms with van der Waals surface area (Å²) in [6, 6.07) is 12.4. The van der Waals surface area contributed by atoms with Crippen LogP contribution < -0.4 is 10.1 Å². The second-order valence-corrected chi connectivity index (χ2v) is 5.48. The van der Waals surface area contributed by atoms with E-state index in [0.29, 0.717) is 22.4 Å². The van der Waals surface area contributed by atoms with Gasteiger partial charge in [0, 0.05) is 16.3 Å². The number of aryl methyl sites for hydroxylation is 1. The van der Waals surface area contributed by atoms with Crippen molar-refractivity contribution in [1.29, 1.82) is 0 Å². The lowest BCUT2D eigenvalue weighted by Gasteiger charge is -2.08. The van der Waals surface area contributed by atoms with Gasteiger partial charge in [-0.3, -0.25) is 4.79 Å². The highest BCUT2D eigenvalue weighted by Crippen LogP contribution is 2.21. The Bertz CT molecular complexity index is 833. The molecule has 0 atom stereocenters. The lowest BCUT2D eigenvalue weighted by Crippen LogP contribution is -2.20. The molecule has 0 saturated carbocycles. The molecule has 3 aromatic rings. The molecule has 0 saturated heterocycles. The van der Waals surface area contributed by atoms with Gasteiger partial charge in [-0.2, -0.15) is 0 Å². The number of hydrogen-bond donors (Lipinski definition) is 1. The van der Waals surface area contributed by atoms with Gasteiger partial charge < -0.3 is 14.5 Å². The van der Waals surface area contributed by atoms with E-state index in [2.05, 4.69) is 15.5 Å². The van der Waals surface area contributed by atoms with Crippen LogP contribution in [0.3, 0.4) is 0 Å². The standard InChI is InChI=1S/C17H14ClN3O3/c1-11-2-5-13(8-15(11)18)20-16(22)9-23-14-6-3-12(4-7-14)17-21-19-10-24-17/h2-8,10H,9H2,1H3,(H,20,22). The van der Waals surface area contributed by atoms with Gasteiger partial charge in [0.15, 0.2) is 6.61 Å². The van der Waals surface area contributed by atoms with Crippen molar-refractivity contribution in [3.63, 3.8) is 0 Å². The molecule has 1 aromatic heterocycles. The first-order valence-electron chi connectivity index (χ1n) is 7.17. The molecule has 7 heteroatoms. The summed E-state index contributed by atoms with van der Waals surface area (Å²) in [5.74, 6) is 0.724. The Labute approximate surface area is 143 Å². The van der Waals surface area contributed by atoms with Crippen LogP contribution in [0.4, 0.5) is 5.69 Å². The van der Waals surface area contributed by atoms with Gasteiger partial charge in [0.2, 0.25) is 12.3 Å². The molecule has 0 fully saturated rings. The molecule has 0 aliphatic carbocycles. The van der Waals surface area contributed by atoms with Gasteiger partial charge in [0.25, 0.3) is 5.91 Å². The van der Waals surface area contributed by atoms with Gasteiger partial charge in [-0.15, -0.1) is 10.2 Å². The van der Waals surface area contributed by atoms with Gasteiger partial charge in [-0.05, 0) is 48.9 Å². The summed E-state index contributed by atoms with van der Waals surface area (Å²) in [5, 5.41) is 10.8. The zero-order valence-electron chi connectivity index (χ0n) is 12.8. The Hall–Kier alpha value is -2.86. The number of hydrogen-bond acceptors (Lipinski definition) is 5. The van der Waals surface area contributed by atoms with Gasteiger partial charge in [0.05, 0.1) is 0 Å². The number of nitrogens with one attached hydrogen (secondary N) is 1. The molecule has 1 amide bonds. The summed E-state index contributed by atoms with van der Waals surface area (Å²) < 4.78 is 10.6. The molecule has 3 rings (SSSR count). The summed E-state index contributed by atoms with van der Waals surface area (Å²) >= 11 is 6.03. The van der Waals surface area contributed by atoms with Crippen molar-refractivity contribution in [1.82, 2.24) is 10.2 Å². The Kier molecular flexibility index (Phi) is 4.77. The molecular weight excluding hydrogens is 330 g/mol.